The van der Waals surface area contributed by atoms with Crippen LogP contribution in [-0.4, -0.2) is 24.5 Å². The van der Waals surface area contributed by atoms with Gasteiger partial charge in [0.1, 0.15) is 0 Å². The molecule has 0 aromatic heterocycles. The molecule has 0 saturated heterocycles. The zero-order valence-electron chi connectivity index (χ0n) is 18.7. The van der Waals surface area contributed by atoms with Crippen molar-refractivity contribution in [2.45, 2.75) is 136 Å². The SMILES string of the molecule is CCCCCCCCN(CCCCCCCC)CCCCCCCC.[Cr]. The molecule has 0 unspecified atom stereocenters. The smallest absolute Gasteiger partial charge is 0 e. The first-order valence-electron chi connectivity index (χ1n) is 12.1. The first-order valence-corrected chi connectivity index (χ1v) is 12.1. The van der Waals surface area contributed by atoms with Gasteiger partial charge in [0.25, 0.3) is 0 Å². The summed E-state index contributed by atoms with van der Waals surface area (Å²) in [6.45, 7) is 11.0. The van der Waals surface area contributed by atoms with Gasteiger partial charge in [-0.25, -0.2) is 0 Å². The van der Waals surface area contributed by atoms with Crippen molar-refractivity contribution in [3.8, 4) is 0 Å². The molecule has 0 bridgehead atoms. The van der Waals surface area contributed by atoms with Gasteiger partial charge in [0.15, 0.2) is 0 Å². The second-order valence-electron chi connectivity index (χ2n) is 8.14. The molecule has 2 heteroatoms. The summed E-state index contributed by atoms with van der Waals surface area (Å²) in [4.78, 5) is 2.79. The summed E-state index contributed by atoms with van der Waals surface area (Å²) < 4.78 is 0. The fourth-order valence-electron chi connectivity index (χ4n) is 3.68. The number of hydrogen-bond donors (Lipinski definition) is 0. The van der Waals surface area contributed by atoms with E-state index in [4.69, 9.17) is 0 Å². The molecular formula is C24H51CrN. The maximum atomic E-state index is 2.79. The van der Waals surface area contributed by atoms with E-state index in [1.165, 1.54) is 135 Å². The standard InChI is InChI=1S/C24H51N.Cr/c1-4-7-10-13-16-19-22-25(23-20-17-14-11-8-5-2)24-21-18-15-12-9-6-3;/h4-24H2,1-3H3;. The molecule has 26 heavy (non-hydrogen) atoms. The maximum Gasteiger partial charge on any atom is 0 e. The second-order valence-corrected chi connectivity index (χ2v) is 8.14. The molecule has 0 aromatic rings. The molecule has 0 aliphatic heterocycles. The summed E-state index contributed by atoms with van der Waals surface area (Å²) >= 11 is 0. The fourth-order valence-corrected chi connectivity index (χ4v) is 3.68. The summed E-state index contributed by atoms with van der Waals surface area (Å²) in [5.41, 5.74) is 0. The van der Waals surface area contributed by atoms with Crippen molar-refractivity contribution in [1.82, 2.24) is 4.90 Å². The predicted octanol–water partition coefficient (Wildman–Crippen LogP) is 8.37. The van der Waals surface area contributed by atoms with Gasteiger partial charge in [-0.05, 0) is 38.9 Å². The molecule has 0 heterocycles. The largest absolute Gasteiger partial charge is 0.303 e. The maximum absolute atomic E-state index is 2.79. The Balaban J connectivity index is 0. The van der Waals surface area contributed by atoms with Gasteiger partial charge in [-0.15, -0.1) is 0 Å². The van der Waals surface area contributed by atoms with Crippen LogP contribution in [0.25, 0.3) is 0 Å². The van der Waals surface area contributed by atoms with Gasteiger partial charge in [0.05, 0.1) is 0 Å². The van der Waals surface area contributed by atoms with Crippen molar-refractivity contribution < 1.29 is 17.4 Å². The van der Waals surface area contributed by atoms with Crippen LogP contribution in [0.3, 0.4) is 0 Å². The fraction of sp³-hybridized carbons (Fsp3) is 1.00. The third-order valence-electron chi connectivity index (χ3n) is 5.48. The third kappa shape index (κ3) is 22.5. The molecule has 0 aliphatic rings. The van der Waals surface area contributed by atoms with Crippen molar-refractivity contribution in [3.05, 3.63) is 0 Å². The van der Waals surface area contributed by atoms with E-state index in [-0.39, 0.29) is 17.4 Å². The van der Waals surface area contributed by atoms with Crippen LogP contribution in [0.15, 0.2) is 0 Å². The number of rotatable bonds is 21. The molecule has 0 aromatic carbocycles. The average molecular weight is 406 g/mol. The van der Waals surface area contributed by atoms with E-state index in [1.807, 2.05) is 0 Å². The summed E-state index contributed by atoms with van der Waals surface area (Å²) in [7, 11) is 0. The van der Waals surface area contributed by atoms with E-state index in [0.29, 0.717) is 0 Å². The zero-order valence-corrected chi connectivity index (χ0v) is 20.0. The minimum atomic E-state index is 0. The Morgan fingerprint density at radius 1 is 0.346 bits per heavy atom. The molecule has 0 amide bonds. The van der Waals surface area contributed by atoms with Crippen LogP contribution in [0.1, 0.15) is 136 Å². The Morgan fingerprint density at radius 3 is 0.846 bits per heavy atom. The third-order valence-corrected chi connectivity index (χ3v) is 5.48. The van der Waals surface area contributed by atoms with Crippen molar-refractivity contribution in [1.29, 1.82) is 0 Å². The van der Waals surface area contributed by atoms with Gasteiger partial charge in [-0.3, -0.25) is 0 Å². The van der Waals surface area contributed by atoms with E-state index < -0.39 is 0 Å². The van der Waals surface area contributed by atoms with Crippen LogP contribution in [0.5, 0.6) is 0 Å². The van der Waals surface area contributed by atoms with Crippen LogP contribution in [0, 0.1) is 0 Å². The number of hydrogen-bond acceptors (Lipinski definition) is 1. The molecule has 0 spiro atoms. The second kappa shape index (κ2) is 25.5. The van der Waals surface area contributed by atoms with Gasteiger partial charge < -0.3 is 4.90 Å². The predicted molar refractivity (Wildman–Crippen MR) is 117 cm³/mol. The zero-order chi connectivity index (χ0) is 18.4. The summed E-state index contributed by atoms with van der Waals surface area (Å²) in [5, 5.41) is 0. The van der Waals surface area contributed by atoms with Gasteiger partial charge in [-0.2, -0.15) is 0 Å². The molecule has 0 atom stereocenters. The Morgan fingerprint density at radius 2 is 0.577 bits per heavy atom. The monoisotopic (exact) mass is 405 g/mol. The van der Waals surface area contributed by atoms with Crippen LogP contribution in [0.4, 0.5) is 0 Å². The first kappa shape index (κ1) is 28.7. The van der Waals surface area contributed by atoms with E-state index in [2.05, 4.69) is 25.7 Å². The Labute approximate surface area is 178 Å². The Bertz CT molecular complexity index is 194. The first-order chi connectivity index (χ1) is 12.3. The molecule has 1 nitrogen and oxygen atoms in total. The van der Waals surface area contributed by atoms with E-state index in [1.54, 1.807) is 0 Å². The van der Waals surface area contributed by atoms with Crippen molar-refractivity contribution >= 4 is 0 Å². The quantitative estimate of drug-likeness (QED) is 0.173. The molecular weight excluding hydrogens is 354 g/mol. The molecule has 0 radical (unpaired) electrons. The van der Waals surface area contributed by atoms with Crippen molar-refractivity contribution in [2.75, 3.05) is 19.6 Å². The average Bonchev–Trinajstić information content (AvgIpc) is 2.63. The molecule has 0 fully saturated rings. The van der Waals surface area contributed by atoms with E-state index in [9.17, 15) is 0 Å². The van der Waals surface area contributed by atoms with Crippen LogP contribution in [0.2, 0.25) is 0 Å². The molecule has 0 aliphatic carbocycles. The van der Waals surface area contributed by atoms with Gasteiger partial charge >= 0.3 is 0 Å². The van der Waals surface area contributed by atoms with Gasteiger partial charge in [0.2, 0.25) is 0 Å². The van der Waals surface area contributed by atoms with Crippen LogP contribution < -0.4 is 0 Å². The van der Waals surface area contributed by atoms with E-state index >= 15 is 0 Å². The molecule has 0 rings (SSSR count). The minimum Gasteiger partial charge on any atom is -0.303 e. The summed E-state index contributed by atoms with van der Waals surface area (Å²) in [6.07, 6.45) is 25.7. The summed E-state index contributed by atoms with van der Waals surface area (Å²) in [6, 6.07) is 0. The van der Waals surface area contributed by atoms with Crippen molar-refractivity contribution in [3.63, 3.8) is 0 Å². The topological polar surface area (TPSA) is 3.24 Å². The van der Waals surface area contributed by atoms with E-state index in [0.717, 1.165) is 0 Å². The minimum absolute atomic E-state index is 0. The normalized spacial score (nSPS) is 11.1. The van der Waals surface area contributed by atoms with Gasteiger partial charge in [-0.1, -0.05) is 117 Å². The molecule has 0 saturated carbocycles. The van der Waals surface area contributed by atoms with Crippen LogP contribution >= 0.6 is 0 Å². The number of nitrogens with zero attached hydrogens (tertiary/aromatic N) is 1. The number of unbranched alkanes of at least 4 members (excludes halogenated alkanes) is 15. The van der Waals surface area contributed by atoms with Crippen LogP contribution in [-0.2, 0) is 17.4 Å². The summed E-state index contributed by atoms with van der Waals surface area (Å²) in [5.74, 6) is 0. The van der Waals surface area contributed by atoms with Crippen molar-refractivity contribution in [2.24, 2.45) is 0 Å². The van der Waals surface area contributed by atoms with Gasteiger partial charge in [0, 0.05) is 17.4 Å². The molecule has 0 N–H and O–H groups in total. The molecule has 158 valence electrons. The Hall–Kier alpha value is 0.492. The Kier molecular flexibility index (Phi) is 28.1.